The second-order valence-corrected chi connectivity index (χ2v) is 3.71. The molecule has 1 N–H and O–H groups in total. The van der Waals surface area contributed by atoms with E-state index in [0.29, 0.717) is 5.56 Å². The first-order chi connectivity index (χ1) is 8.75. The zero-order valence-corrected chi connectivity index (χ0v) is 9.64. The molecule has 0 bridgehead atoms. The van der Waals surface area contributed by atoms with Gasteiger partial charge in [-0.3, -0.25) is 4.79 Å². The van der Waals surface area contributed by atoms with Gasteiger partial charge in [0.15, 0.2) is 5.78 Å². The molecular weight excluding hydrogens is 229 g/mol. The molecule has 0 aliphatic rings. The number of halogens is 1. The highest BCUT2D eigenvalue weighted by Gasteiger charge is 1.98. The number of rotatable bonds is 4. The van der Waals surface area contributed by atoms with E-state index < -0.39 is 0 Å². The van der Waals surface area contributed by atoms with Crippen molar-refractivity contribution in [3.05, 3.63) is 78.3 Å². The zero-order chi connectivity index (χ0) is 12.8. The van der Waals surface area contributed by atoms with Gasteiger partial charge in [-0.25, -0.2) is 4.39 Å². The van der Waals surface area contributed by atoms with Crippen molar-refractivity contribution in [2.24, 2.45) is 0 Å². The fourth-order valence-electron chi connectivity index (χ4n) is 1.46. The molecule has 3 heteroatoms. The summed E-state index contributed by atoms with van der Waals surface area (Å²) in [5.74, 6) is -0.366. The molecular formula is C15H12FNO. The first-order valence-electron chi connectivity index (χ1n) is 5.54. The lowest BCUT2D eigenvalue weighted by Crippen LogP contribution is -1.95. The molecule has 0 aromatic heterocycles. The van der Waals surface area contributed by atoms with Gasteiger partial charge in [-0.05, 0) is 24.3 Å². The van der Waals surface area contributed by atoms with Gasteiger partial charge in [-0.1, -0.05) is 30.3 Å². The number of ketones is 1. The summed E-state index contributed by atoms with van der Waals surface area (Å²) in [7, 11) is 0. The summed E-state index contributed by atoms with van der Waals surface area (Å²) in [4.78, 5) is 11.7. The lowest BCUT2D eigenvalue weighted by molar-refractivity contribution is 0.104. The lowest BCUT2D eigenvalue weighted by atomic mass is 10.1. The highest BCUT2D eigenvalue weighted by atomic mass is 19.1. The molecule has 0 amide bonds. The maximum Gasteiger partial charge on any atom is 0.187 e. The Bertz CT molecular complexity index is 546. The molecule has 0 spiro atoms. The first kappa shape index (κ1) is 12.0. The van der Waals surface area contributed by atoms with Gasteiger partial charge in [-0.2, -0.15) is 0 Å². The van der Waals surface area contributed by atoms with Crippen LogP contribution < -0.4 is 5.32 Å². The third-order valence-electron chi connectivity index (χ3n) is 2.39. The molecule has 18 heavy (non-hydrogen) atoms. The van der Waals surface area contributed by atoms with Crippen LogP contribution in [0.15, 0.2) is 66.9 Å². The number of anilines is 1. The number of nitrogens with one attached hydrogen (secondary N) is 1. The molecule has 2 aromatic carbocycles. The van der Waals surface area contributed by atoms with E-state index in [1.54, 1.807) is 30.5 Å². The summed E-state index contributed by atoms with van der Waals surface area (Å²) >= 11 is 0. The number of carbonyl (C=O) groups excluding carboxylic acids is 1. The minimum absolute atomic E-state index is 0.0785. The molecule has 0 saturated heterocycles. The van der Waals surface area contributed by atoms with Gasteiger partial charge in [0, 0.05) is 23.5 Å². The predicted molar refractivity (Wildman–Crippen MR) is 69.9 cm³/mol. The summed E-state index contributed by atoms with van der Waals surface area (Å²) in [5, 5.41) is 2.90. The maximum atomic E-state index is 12.7. The normalized spacial score (nSPS) is 10.5. The molecule has 0 radical (unpaired) electrons. The Morgan fingerprint density at radius 3 is 2.33 bits per heavy atom. The standard InChI is InChI=1S/C15H12FNO/c16-13-6-8-14(9-7-13)17-11-10-15(18)12-4-2-1-3-5-12/h1-11,17H/b11-10+. The van der Waals surface area contributed by atoms with E-state index in [1.165, 1.54) is 18.2 Å². The summed E-state index contributed by atoms with van der Waals surface area (Å²) in [6.07, 6.45) is 2.99. The molecule has 0 unspecified atom stereocenters. The minimum atomic E-state index is -0.287. The van der Waals surface area contributed by atoms with Crippen molar-refractivity contribution in [3.63, 3.8) is 0 Å². The zero-order valence-electron chi connectivity index (χ0n) is 9.64. The number of benzene rings is 2. The van der Waals surface area contributed by atoms with Gasteiger partial charge >= 0.3 is 0 Å². The van der Waals surface area contributed by atoms with Gasteiger partial charge in [0.2, 0.25) is 0 Å². The van der Waals surface area contributed by atoms with Crippen molar-refractivity contribution in [2.45, 2.75) is 0 Å². The Labute approximate surface area is 105 Å². The Balaban J connectivity index is 1.96. The van der Waals surface area contributed by atoms with E-state index in [-0.39, 0.29) is 11.6 Å². The molecule has 0 heterocycles. The van der Waals surface area contributed by atoms with E-state index in [1.807, 2.05) is 18.2 Å². The van der Waals surface area contributed by atoms with Crippen LogP contribution in [0.4, 0.5) is 10.1 Å². The van der Waals surface area contributed by atoms with Crippen LogP contribution in [-0.4, -0.2) is 5.78 Å². The first-order valence-corrected chi connectivity index (χ1v) is 5.54. The van der Waals surface area contributed by atoms with Crippen molar-refractivity contribution in [3.8, 4) is 0 Å². The molecule has 0 aliphatic heterocycles. The van der Waals surface area contributed by atoms with Crippen LogP contribution >= 0.6 is 0 Å². The van der Waals surface area contributed by atoms with Gasteiger partial charge in [0.1, 0.15) is 5.82 Å². The number of carbonyl (C=O) groups is 1. The van der Waals surface area contributed by atoms with Gasteiger partial charge in [0.25, 0.3) is 0 Å². The van der Waals surface area contributed by atoms with Crippen molar-refractivity contribution >= 4 is 11.5 Å². The van der Waals surface area contributed by atoms with E-state index in [4.69, 9.17) is 0 Å². The Kier molecular flexibility index (Phi) is 3.86. The molecule has 2 nitrogen and oxygen atoms in total. The largest absolute Gasteiger partial charge is 0.362 e. The molecule has 0 saturated carbocycles. The Morgan fingerprint density at radius 2 is 1.67 bits per heavy atom. The summed E-state index contributed by atoms with van der Waals surface area (Å²) in [5.41, 5.74) is 1.36. The van der Waals surface area contributed by atoms with Crippen LogP contribution in [-0.2, 0) is 0 Å². The second-order valence-electron chi connectivity index (χ2n) is 3.71. The van der Waals surface area contributed by atoms with E-state index in [0.717, 1.165) is 5.69 Å². The Morgan fingerprint density at radius 1 is 1.00 bits per heavy atom. The molecule has 0 atom stereocenters. The lowest BCUT2D eigenvalue weighted by Gasteiger charge is -1.99. The maximum absolute atomic E-state index is 12.7. The average Bonchev–Trinajstić information content (AvgIpc) is 2.42. The van der Waals surface area contributed by atoms with Gasteiger partial charge in [0.05, 0.1) is 0 Å². The van der Waals surface area contributed by atoms with Crippen LogP contribution in [0, 0.1) is 5.82 Å². The van der Waals surface area contributed by atoms with Crippen LogP contribution in [0.1, 0.15) is 10.4 Å². The smallest absolute Gasteiger partial charge is 0.187 e. The molecule has 90 valence electrons. The van der Waals surface area contributed by atoms with E-state index >= 15 is 0 Å². The fraction of sp³-hybridized carbons (Fsp3) is 0. The van der Waals surface area contributed by atoms with E-state index in [9.17, 15) is 9.18 Å². The number of allylic oxidation sites excluding steroid dienone is 1. The summed E-state index contributed by atoms with van der Waals surface area (Å²) < 4.78 is 12.7. The third kappa shape index (κ3) is 3.28. The average molecular weight is 241 g/mol. The molecule has 0 aliphatic carbocycles. The summed E-state index contributed by atoms with van der Waals surface area (Å²) in [6.45, 7) is 0. The monoisotopic (exact) mass is 241 g/mol. The summed E-state index contributed by atoms with van der Waals surface area (Å²) in [6, 6.07) is 14.9. The topological polar surface area (TPSA) is 29.1 Å². The van der Waals surface area contributed by atoms with Gasteiger partial charge < -0.3 is 5.32 Å². The van der Waals surface area contributed by atoms with Crippen LogP contribution in [0.5, 0.6) is 0 Å². The quantitative estimate of drug-likeness (QED) is 0.654. The molecule has 2 rings (SSSR count). The van der Waals surface area contributed by atoms with E-state index in [2.05, 4.69) is 5.32 Å². The van der Waals surface area contributed by atoms with Crippen LogP contribution in [0.25, 0.3) is 0 Å². The van der Waals surface area contributed by atoms with Crippen LogP contribution in [0.3, 0.4) is 0 Å². The highest BCUT2D eigenvalue weighted by Crippen LogP contribution is 2.08. The van der Waals surface area contributed by atoms with Crippen LogP contribution in [0.2, 0.25) is 0 Å². The number of hydrogen-bond donors (Lipinski definition) is 1. The minimum Gasteiger partial charge on any atom is -0.362 e. The fourth-order valence-corrected chi connectivity index (χ4v) is 1.46. The predicted octanol–water partition coefficient (Wildman–Crippen LogP) is 3.63. The third-order valence-corrected chi connectivity index (χ3v) is 2.39. The van der Waals surface area contributed by atoms with Crippen molar-refractivity contribution in [1.82, 2.24) is 0 Å². The van der Waals surface area contributed by atoms with Crippen molar-refractivity contribution < 1.29 is 9.18 Å². The Hall–Kier alpha value is -2.42. The SMILES string of the molecule is O=C(/C=C/Nc1ccc(F)cc1)c1ccccc1. The van der Waals surface area contributed by atoms with Gasteiger partial charge in [-0.15, -0.1) is 0 Å². The second kappa shape index (κ2) is 5.77. The van der Waals surface area contributed by atoms with Crippen molar-refractivity contribution in [1.29, 1.82) is 0 Å². The molecule has 0 fully saturated rings. The molecule has 2 aromatic rings. The highest BCUT2D eigenvalue weighted by molar-refractivity contribution is 6.04. The van der Waals surface area contributed by atoms with Crippen molar-refractivity contribution in [2.75, 3.05) is 5.32 Å². The number of hydrogen-bond acceptors (Lipinski definition) is 2.